The molecule has 1 aromatic heterocycles. The Bertz CT molecular complexity index is 1070. The van der Waals surface area contributed by atoms with Crippen LogP contribution < -0.4 is 25.0 Å². The van der Waals surface area contributed by atoms with Crippen molar-refractivity contribution in [2.24, 2.45) is 0 Å². The molecule has 2 aromatic carbocycles. The van der Waals surface area contributed by atoms with Crippen molar-refractivity contribution in [3.8, 4) is 11.5 Å². The van der Waals surface area contributed by atoms with Gasteiger partial charge in [-0.15, -0.1) is 0 Å². The maximum absolute atomic E-state index is 12.2. The van der Waals surface area contributed by atoms with Crippen LogP contribution in [0.5, 0.6) is 11.5 Å². The van der Waals surface area contributed by atoms with E-state index >= 15 is 0 Å². The van der Waals surface area contributed by atoms with Crippen LogP contribution in [0.2, 0.25) is 0 Å². The predicted molar refractivity (Wildman–Crippen MR) is 125 cm³/mol. The van der Waals surface area contributed by atoms with Gasteiger partial charge in [0.15, 0.2) is 6.61 Å². The first kappa shape index (κ1) is 21.4. The van der Waals surface area contributed by atoms with Gasteiger partial charge in [-0.05, 0) is 56.2 Å². The Morgan fingerprint density at radius 3 is 2.47 bits per heavy atom. The lowest BCUT2D eigenvalue weighted by molar-refractivity contribution is -0.118. The summed E-state index contributed by atoms with van der Waals surface area (Å²) in [5.41, 5.74) is 2.44. The van der Waals surface area contributed by atoms with Crippen LogP contribution >= 0.6 is 0 Å². The number of aryl methyl sites for hydroxylation is 1. The number of amides is 1. The summed E-state index contributed by atoms with van der Waals surface area (Å²) in [5.74, 6) is 2.53. The van der Waals surface area contributed by atoms with Gasteiger partial charge in [0.25, 0.3) is 5.91 Å². The molecule has 32 heavy (non-hydrogen) atoms. The number of hydrogen-bond acceptors (Lipinski definition) is 7. The van der Waals surface area contributed by atoms with Gasteiger partial charge in [0.1, 0.15) is 17.3 Å². The third-order valence-corrected chi connectivity index (χ3v) is 5.11. The van der Waals surface area contributed by atoms with Crippen LogP contribution in [0.4, 0.5) is 23.1 Å². The molecule has 0 unspecified atom stereocenters. The van der Waals surface area contributed by atoms with Gasteiger partial charge in [-0.3, -0.25) is 4.79 Å². The molecule has 0 radical (unpaired) electrons. The SMILES string of the molecule is COc1cccc(OCC(=O)Nc2ccc(Nc3nc(C)cc(N4CCCC4)n3)cc2)c1. The van der Waals surface area contributed by atoms with Crippen LogP contribution in [-0.4, -0.2) is 42.7 Å². The average Bonchev–Trinajstić information content (AvgIpc) is 3.34. The molecule has 4 rings (SSSR count). The molecule has 3 aromatic rings. The van der Waals surface area contributed by atoms with E-state index < -0.39 is 0 Å². The highest BCUT2D eigenvalue weighted by atomic mass is 16.5. The van der Waals surface area contributed by atoms with Gasteiger partial charge in [0.2, 0.25) is 5.95 Å². The van der Waals surface area contributed by atoms with Crippen LogP contribution in [-0.2, 0) is 4.79 Å². The molecule has 0 spiro atoms. The minimum Gasteiger partial charge on any atom is -0.497 e. The van der Waals surface area contributed by atoms with E-state index in [0.717, 1.165) is 30.3 Å². The summed E-state index contributed by atoms with van der Waals surface area (Å²) >= 11 is 0. The monoisotopic (exact) mass is 433 g/mol. The van der Waals surface area contributed by atoms with Gasteiger partial charge >= 0.3 is 0 Å². The third-order valence-electron chi connectivity index (χ3n) is 5.11. The van der Waals surface area contributed by atoms with Crippen molar-refractivity contribution in [3.63, 3.8) is 0 Å². The highest BCUT2D eigenvalue weighted by molar-refractivity contribution is 5.92. The number of benzene rings is 2. The zero-order valence-corrected chi connectivity index (χ0v) is 18.3. The van der Waals surface area contributed by atoms with Crippen molar-refractivity contribution in [2.45, 2.75) is 19.8 Å². The molecule has 0 bridgehead atoms. The molecule has 2 N–H and O–H groups in total. The molecular weight excluding hydrogens is 406 g/mol. The van der Waals surface area contributed by atoms with Gasteiger partial charge in [0.05, 0.1) is 7.11 Å². The number of carbonyl (C=O) groups is 1. The Hall–Kier alpha value is -3.81. The Morgan fingerprint density at radius 1 is 1.00 bits per heavy atom. The fourth-order valence-electron chi connectivity index (χ4n) is 3.52. The van der Waals surface area contributed by atoms with Crippen molar-refractivity contribution in [1.82, 2.24) is 9.97 Å². The van der Waals surface area contributed by atoms with E-state index in [4.69, 9.17) is 9.47 Å². The van der Waals surface area contributed by atoms with Crippen molar-refractivity contribution in [3.05, 3.63) is 60.3 Å². The normalized spacial score (nSPS) is 13.0. The Morgan fingerprint density at radius 2 is 1.72 bits per heavy atom. The Labute approximate surface area is 187 Å². The lowest BCUT2D eigenvalue weighted by Crippen LogP contribution is -2.20. The highest BCUT2D eigenvalue weighted by Gasteiger charge is 2.15. The van der Waals surface area contributed by atoms with Gasteiger partial charge in [-0.2, -0.15) is 4.98 Å². The topological polar surface area (TPSA) is 88.6 Å². The van der Waals surface area contributed by atoms with Crippen molar-refractivity contribution < 1.29 is 14.3 Å². The van der Waals surface area contributed by atoms with E-state index in [0.29, 0.717) is 23.1 Å². The fourth-order valence-corrected chi connectivity index (χ4v) is 3.52. The summed E-state index contributed by atoms with van der Waals surface area (Å²) in [7, 11) is 1.59. The molecule has 1 saturated heterocycles. The molecular formula is C24H27N5O3. The van der Waals surface area contributed by atoms with Crippen LogP contribution in [0.25, 0.3) is 0 Å². The number of rotatable bonds is 8. The minimum atomic E-state index is -0.245. The summed E-state index contributed by atoms with van der Waals surface area (Å²) in [6, 6.07) is 16.5. The number of anilines is 4. The maximum Gasteiger partial charge on any atom is 0.262 e. The lowest BCUT2D eigenvalue weighted by atomic mass is 10.3. The molecule has 1 amide bonds. The second-order valence-corrected chi connectivity index (χ2v) is 7.60. The van der Waals surface area contributed by atoms with E-state index in [2.05, 4.69) is 25.5 Å². The van der Waals surface area contributed by atoms with Gasteiger partial charge in [-0.25, -0.2) is 4.98 Å². The van der Waals surface area contributed by atoms with Crippen LogP contribution in [0.15, 0.2) is 54.6 Å². The van der Waals surface area contributed by atoms with Gasteiger partial charge < -0.3 is 25.0 Å². The smallest absolute Gasteiger partial charge is 0.262 e. The van der Waals surface area contributed by atoms with Crippen molar-refractivity contribution in [1.29, 1.82) is 0 Å². The number of aromatic nitrogens is 2. The van der Waals surface area contributed by atoms with E-state index in [9.17, 15) is 4.79 Å². The summed E-state index contributed by atoms with van der Waals surface area (Å²) in [6.45, 7) is 3.94. The Kier molecular flexibility index (Phi) is 6.69. The van der Waals surface area contributed by atoms with Crippen LogP contribution in [0.3, 0.4) is 0 Å². The number of ether oxygens (including phenoxy) is 2. The molecule has 1 aliphatic rings. The summed E-state index contributed by atoms with van der Waals surface area (Å²) in [5, 5.41) is 6.07. The molecule has 0 saturated carbocycles. The predicted octanol–water partition coefficient (Wildman–Crippen LogP) is 4.15. The zero-order chi connectivity index (χ0) is 22.3. The lowest BCUT2D eigenvalue weighted by Gasteiger charge is -2.17. The zero-order valence-electron chi connectivity index (χ0n) is 18.3. The summed E-state index contributed by atoms with van der Waals surface area (Å²) in [4.78, 5) is 23.6. The maximum atomic E-state index is 12.2. The van der Waals surface area contributed by atoms with Crippen molar-refractivity contribution in [2.75, 3.05) is 42.3 Å². The van der Waals surface area contributed by atoms with Gasteiger partial charge in [0, 0.05) is 42.3 Å². The molecule has 0 aliphatic carbocycles. The fraction of sp³-hybridized carbons (Fsp3) is 0.292. The first-order chi connectivity index (χ1) is 15.6. The number of methoxy groups -OCH3 is 1. The summed E-state index contributed by atoms with van der Waals surface area (Å²) < 4.78 is 10.7. The first-order valence-corrected chi connectivity index (χ1v) is 10.6. The summed E-state index contributed by atoms with van der Waals surface area (Å²) in [6.07, 6.45) is 2.40. The molecule has 0 atom stereocenters. The number of carbonyl (C=O) groups excluding carboxylic acids is 1. The minimum absolute atomic E-state index is 0.0937. The number of nitrogens with one attached hydrogen (secondary N) is 2. The Balaban J connectivity index is 1.32. The first-order valence-electron chi connectivity index (χ1n) is 10.6. The highest BCUT2D eigenvalue weighted by Crippen LogP contribution is 2.23. The number of hydrogen-bond donors (Lipinski definition) is 2. The second kappa shape index (κ2) is 10.00. The van der Waals surface area contributed by atoms with E-state index in [1.807, 2.05) is 49.4 Å². The third kappa shape index (κ3) is 5.66. The van der Waals surface area contributed by atoms with E-state index in [1.165, 1.54) is 12.8 Å². The largest absolute Gasteiger partial charge is 0.497 e. The molecule has 1 fully saturated rings. The molecule has 8 nitrogen and oxygen atoms in total. The van der Waals surface area contributed by atoms with Crippen molar-refractivity contribution >= 4 is 29.0 Å². The molecule has 2 heterocycles. The average molecular weight is 434 g/mol. The standard InChI is InChI=1S/C24H27N5O3/c1-17-14-22(29-12-3-4-13-29)28-24(25-17)27-19-10-8-18(9-11-19)26-23(30)16-32-21-7-5-6-20(15-21)31-2/h5-11,14-15H,3-4,12-13,16H2,1-2H3,(H,26,30)(H,25,27,28). The quantitative estimate of drug-likeness (QED) is 0.552. The van der Waals surface area contributed by atoms with Crippen LogP contribution in [0.1, 0.15) is 18.5 Å². The molecule has 8 heteroatoms. The second-order valence-electron chi connectivity index (χ2n) is 7.60. The molecule has 166 valence electrons. The van der Waals surface area contributed by atoms with E-state index in [-0.39, 0.29) is 12.5 Å². The van der Waals surface area contributed by atoms with Crippen LogP contribution in [0, 0.1) is 6.92 Å². The van der Waals surface area contributed by atoms with Gasteiger partial charge in [-0.1, -0.05) is 6.07 Å². The number of nitrogens with zero attached hydrogens (tertiary/aromatic N) is 3. The molecule has 1 aliphatic heterocycles. The van der Waals surface area contributed by atoms with E-state index in [1.54, 1.807) is 19.2 Å².